The van der Waals surface area contributed by atoms with Crippen LogP contribution in [-0.2, 0) is 13.0 Å². The van der Waals surface area contributed by atoms with Crippen LogP contribution >= 0.6 is 24.0 Å². The Morgan fingerprint density at radius 2 is 1.92 bits per heavy atom. The Kier molecular flexibility index (Phi) is 7.77. The third kappa shape index (κ3) is 5.39. The number of hydrogen-bond donors (Lipinski definition) is 2. The predicted molar refractivity (Wildman–Crippen MR) is 115 cm³/mol. The number of hydrogen-bond acceptors (Lipinski definition) is 2. The molecule has 2 N–H and O–H groups in total. The summed E-state index contributed by atoms with van der Waals surface area (Å²) in [5.74, 6) is 0.494. The fourth-order valence-electron chi connectivity index (χ4n) is 2.73. The van der Waals surface area contributed by atoms with E-state index in [2.05, 4.69) is 32.7 Å². The van der Waals surface area contributed by atoms with E-state index >= 15 is 0 Å². The van der Waals surface area contributed by atoms with Crippen LogP contribution in [0.25, 0.3) is 10.8 Å². The van der Waals surface area contributed by atoms with Crippen LogP contribution in [0.1, 0.15) is 11.3 Å². The molecule has 0 spiro atoms. The number of aliphatic imine (C=N–C) groups is 1. The Bertz CT molecular complexity index is 877. The first-order valence-corrected chi connectivity index (χ1v) is 8.28. The fraction of sp³-hybridized carbons (Fsp3) is 0.200. The van der Waals surface area contributed by atoms with Gasteiger partial charge in [-0.15, -0.1) is 24.0 Å². The molecular formula is C20H22FIN4. The standard InChI is InChI=1S/C20H21FN4.HI/c1-22-20(24-11-9-15-5-4-7-17(21)13-15)25-14-19-18-8-3-2-6-16(18)10-12-23-19;/h2-8,10,12-13H,9,11,14H2,1H3,(H2,22,24,25);1H. The lowest BCUT2D eigenvalue weighted by Crippen LogP contribution is -2.38. The number of nitrogens with one attached hydrogen (secondary N) is 2. The highest BCUT2D eigenvalue weighted by Gasteiger charge is 2.04. The molecule has 0 radical (unpaired) electrons. The highest BCUT2D eigenvalue weighted by Crippen LogP contribution is 2.15. The summed E-state index contributed by atoms with van der Waals surface area (Å²) in [7, 11) is 1.73. The number of rotatable bonds is 5. The minimum absolute atomic E-state index is 0. The largest absolute Gasteiger partial charge is 0.356 e. The Labute approximate surface area is 170 Å². The summed E-state index contributed by atoms with van der Waals surface area (Å²) in [5, 5.41) is 8.82. The van der Waals surface area contributed by atoms with E-state index < -0.39 is 0 Å². The molecule has 0 aliphatic rings. The monoisotopic (exact) mass is 464 g/mol. The van der Waals surface area contributed by atoms with Gasteiger partial charge in [-0.2, -0.15) is 0 Å². The third-order valence-electron chi connectivity index (χ3n) is 4.00. The SMILES string of the molecule is CN=C(NCCc1cccc(F)c1)NCc1nccc2ccccc12.I. The maximum atomic E-state index is 13.2. The summed E-state index contributed by atoms with van der Waals surface area (Å²) < 4.78 is 13.2. The van der Waals surface area contributed by atoms with Gasteiger partial charge in [0.2, 0.25) is 0 Å². The molecule has 0 aliphatic carbocycles. The molecule has 136 valence electrons. The van der Waals surface area contributed by atoms with Crippen molar-refractivity contribution in [2.24, 2.45) is 4.99 Å². The van der Waals surface area contributed by atoms with Gasteiger partial charge in [-0.3, -0.25) is 9.98 Å². The van der Waals surface area contributed by atoms with Crippen LogP contribution in [0, 0.1) is 5.82 Å². The Morgan fingerprint density at radius 3 is 2.73 bits per heavy atom. The number of nitrogens with zero attached hydrogens (tertiary/aromatic N) is 2. The van der Waals surface area contributed by atoms with E-state index in [0.717, 1.165) is 23.1 Å². The van der Waals surface area contributed by atoms with E-state index in [1.165, 1.54) is 11.5 Å². The molecule has 1 aromatic heterocycles. The van der Waals surface area contributed by atoms with Crippen molar-refractivity contribution in [1.82, 2.24) is 15.6 Å². The van der Waals surface area contributed by atoms with Gasteiger partial charge in [-0.05, 0) is 35.6 Å². The van der Waals surface area contributed by atoms with Crippen molar-refractivity contribution in [3.05, 3.63) is 77.9 Å². The van der Waals surface area contributed by atoms with Crippen LogP contribution in [0.4, 0.5) is 4.39 Å². The average molecular weight is 464 g/mol. The third-order valence-corrected chi connectivity index (χ3v) is 4.00. The average Bonchev–Trinajstić information content (AvgIpc) is 2.64. The molecule has 0 fully saturated rings. The lowest BCUT2D eigenvalue weighted by molar-refractivity contribution is 0.625. The molecule has 0 atom stereocenters. The lowest BCUT2D eigenvalue weighted by Gasteiger charge is -2.12. The zero-order valence-electron chi connectivity index (χ0n) is 14.6. The zero-order chi connectivity index (χ0) is 17.5. The Morgan fingerprint density at radius 1 is 1.08 bits per heavy atom. The van der Waals surface area contributed by atoms with Gasteiger partial charge in [-0.25, -0.2) is 4.39 Å². The minimum Gasteiger partial charge on any atom is -0.356 e. The molecule has 0 unspecified atom stereocenters. The van der Waals surface area contributed by atoms with Crippen LogP contribution in [0.3, 0.4) is 0 Å². The molecular weight excluding hydrogens is 442 g/mol. The topological polar surface area (TPSA) is 49.3 Å². The second kappa shape index (κ2) is 10.1. The summed E-state index contributed by atoms with van der Waals surface area (Å²) in [6, 6.07) is 16.8. The number of halogens is 2. The number of benzene rings is 2. The second-order valence-corrected chi connectivity index (χ2v) is 5.71. The lowest BCUT2D eigenvalue weighted by atomic mass is 10.1. The van der Waals surface area contributed by atoms with Crippen molar-refractivity contribution < 1.29 is 4.39 Å². The van der Waals surface area contributed by atoms with Crippen LogP contribution in [0.2, 0.25) is 0 Å². The first kappa shape index (κ1) is 20.1. The molecule has 3 aromatic rings. The van der Waals surface area contributed by atoms with Crippen LogP contribution < -0.4 is 10.6 Å². The molecule has 0 bridgehead atoms. The molecule has 26 heavy (non-hydrogen) atoms. The molecule has 0 saturated carbocycles. The Balaban J connectivity index is 0.00000243. The summed E-state index contributed by atoms with van der Waals surface area (Å²) in [6.07, 6.45) is 2.55. The van der Waals surface area contributed by atoms with Gasteiger partial charge in [0.15, 0.2) is 5.96 Å². The van der Waals surface area contributed by atoms with E-state index in [4.69, 9.17) is 0 Å². The van der Waals surface area contributed by atoms with Gasteiger partial charge in [-0.1, -0.05) is 36.4 Å². The predicted octanol–water partition coefficient (Wildman–Crippen LogP) is 3.90. The maximum absolute atomic E-state index is 13.2. The first-order chi connectivity index (χ1) is 12.3. The van der Waals surface area contributed by atoms with Crippen molar-refractivity contribution in [3.8, 4) is 0 Å². The number of pyridine rings is 1. The Hall–Kier alpha value is -2.22. The first-order valence-electron chi connectivity index (χ1n) is 8.28. The molecule has 6 heteroatoms. The highest BCUT2D eigenvalue weighted by molar-refractivity contribution is 14.0. The smallest absolute Gasteiger partial charge is 0.191 e. The summed E-state index contributed by atoms with van der Waals surface area (Å²) in [4.78, 5) is 8.69. The number of fused-ring (bicyclic) bond motifs is 1. The van der Waals surface area contributed by atoms with Crippen LogP contribution in [0.5, 0.6) is 0 Å². The van der Waals surface area contributed by atoms with Crippen molar-refractivity contribution in [2.45, 2.75) is 13.0 Å². The van der Waals surface area contributed by atoms with E-state index in [-0.39, 0.29) is 29.8 Å². The van der Waals surface area contributed by atoms with E-state index in [1.807, 2.05) is 30.5 Å². The van der Waals surface area contributed by atoms with Gasteiger partial charge >= 0.3 is 0 Å². The summed E-state index contributed by atoms with van der Waals surface area (Å²) >= 11 is 0. The summed E-state index contributed by atoms with van der Waals surface area (Å²) in [6.45, 7) is 1.26. The molecule has 2 aromatic carbocycles. The maximum Gasteiger partial charge on any atom is 0.191 e. The van der Waals surface area contributed by atoms with Gasteiger partial charge in [0.1, 0.15) is 5.82 Å². The van der Waals surface area contributed by atoms with Gasteiger partial charge in [0.05, 0.1) is 12.2 Å². The van der Waals surface area contributed by atoms with E-state index in [0.29, 0.717) is 19.0 Å². The zero-order valence-corrected chi connectivity index (χ0v) is 16.9. The van der Waals surface area contributed by atoms with Gasteiger partial charge in [0.25, 0.3) is 0 Å². The quantitative estimate of drug-likeness (QED) is 0.342. The van der Waals surface area contributed by atoms with Crippen molar-refractivity contribution in [2.75, 3.05) is 13.6 Å². The normalized spacial score (nSPS) is 11.1. The fourth-order valence-corrected chi connectivity index (χ4v) is 2.73. The number of guanidine groups is 1. The molecule has 3 rings (SSSR count). The molecule has 0 amide bonds. The van der Waals surface area contributed by atoms with Gasteiger partial charge < -0.3 is 10.6 Å². The molecule has 0 aliphatic heterocycles. The molecule has 1 heterocycles. The minimum atomic E-state index is -0.206. The number of aromatic nitrogens is 1. The summed E-state index contributed by atoms with van der Waals surface area (Å²) in [5.41, 5.74) is 1.94. The van der Waals surface area contributed by atoms with Gasteiger partial charge in [0, 0.05) is 25.2 Å². The van der Waals surface area contributed by atoms with Crippen molar-refractivity contribution in [3.63, 3.8) is 0 Å². The van der Waals surface area contributed by atoms with Crippen molar-refractivity contribution in [1.29, 1.82) is 0 Å². The van der Waals surface area contributed by atoms with E-state index in [1.54, 1.807) is 19.2 Å². The van der Waals surface area contributed by atoms with E-state index in [9.17, 15) is 4.39 Å². The van der Waals surface area contributed by atoms with Crippen LogP contribution in [-0.4, -0.2) is 24.5 Å². The van der Waals surface area contributed by atoms with Crippen LogP contribution in [0.15, 0.2) is 65.8 Å². The highest BCUT2D eigenvalue weighted by atomic mass is 127. The van der Waals surface area contributed by atoms with Crippen molar-refractivity contribution >= 4 is 40.7 Å². The molecule has 4 nitrogen and oxygen atoms in total. The second-order valence-electron chi connectivity index (χ2n) is 5.71. The molecule has 0 saturated heterocycles.